The maximum Gasteiger partial charge on any atom is 0.417 e. The molecule has 1 spiro atoms. The molecule has 5 amide bonds. The van der Waals surface area contributed by atoms with Crippen LogP contribution in [-0.2, 0) is 33.8 Å². The largest absolute Gasteiger partial charge is 0.497 e. The van der Waals surface area contributed by atoms with Gasteiger partial charge in [0.15, 0.2) is 5.54 Å². The standard InChI is InChI=1S/C34H33N3O7/c1-42-27-14-10-24(11-15-27)20-35-31(39)34(36(32(35)40)21-25-12-16-28(43-2)17-13-25)18-6-9-29(34)30(38)37-26(22-44-33(37)41)19-23-7-4-3-5-8-23/h3-5,7-17,26H,6,18-22H2,1-2H3/t26-,34+/m0/s1. The minimum Gasteiger partial charge on any atom is -0.497 e. The van der Waals surface area contributed by atoms with Gasteiger partial charge in [-0.2, -0.15) is 0 Å². The number of amides is 5. The minimum absolute atomic E-state index is 0.0202. The number of benzene rings is 3. The molecule has 0 aromatic heterocycles. The minimum atomic E-state index is -1.57. The predicted molar refractivity (Wildman–Crippen MR) is 160 cm³/mol. The smallest absolute Gasteiger partial charge is 0.417 e. The van der Waals surface area contributed by atoms with Crippen LogP contribution in [-0.4, -0.2) is 71.0 Å². The number of cyclic esters (lactones) is 1. The Labute approximate surface area is 255 Å². The normalized spacial score (nSPS) is 21.2. The Morgan fingerprint density at radius 1 is 0.841 bits per heavy atom. The van der Waals surface area contributed by atoms with Crippen LogP contribution < -0.4 is 9.47 Å². The molecule has 10 nitrogen and oxygen atoms in total. The van der Waals surface area contributed by atoms with E-state index in [1.165, 1.54) is 9.80 Å². The molecule has 1 aliphatic carbocycles. The SMILES string of the molecule is COc1ccc(CN2C(=O)N(Cc3ccc(OC)cc3)[C@@]3(CCC=C3C(=O)N3C(=O)OC[C@@H]3Cc3ccccc3)C2=O)cc1. The molecule has 2 aliphatic heterocycles. The Hall–Kier alpha value is -5.12. The summed E-state index contributed by atoms with van der Waals surface area (Å²) in [6.45, 7) is 0.147. The Balaban J connectivity index is 1.35. The summed E-state index contributed by atoms with van der Waals surface area (Å²) in [7, 11) is 3.13. The van der Waals surface area contributed by atoms with Gasteiger partial charge < -0.3 is 19.1 Å². The quantitative estimate of drug-likeness (QED) is 0.330. The number of carbonyl (C=O) groups is 4. The summed E-state index contributed by atoms with van der Waals surface area (Å²) in [5.74, 6) is 0.204. The molecule has 2 heterocycles. The van der Waals surface area contributed by atoms with Gasteiger partial charge in [0.25, 0.3) is 11.8 Å². The number of carbonyl (C=O) groups excluding carboxylic acids is 4. The van der Waals surface area contributed by atoms with Crippen LogP contribution in [0.5, 0.6) is 11.5 Å². The summed E-state index contributed by atoms with van der Waals surface area (Å²) >= 11 is 0. The molecule has 0 radical (unpaired) electrons. The number of hydrogen-bond acceptors (Lipinski definition) is 7. The van der Waals surface area contributed by atoms with Crippen LogP contribution in [0.2, 0.25) is 0 Å². The molecular weight excluding hydrogens is 562 g/mol. The molecule has 3 aliphatic rings. The highest BCUT2D eigenvalue weighted by atomic mass is 16.6. The van der Waals surface area contributed by atoms with Gasteiger partial charge in [0.2, 0.25) is 0 Å². The molecule has 2 fully saturated rings. The second-order valence-corrected chi connectivity index (χ2v) is 11.1. The molecule has 226 valence electrons. The second-order valence-electron chi connectivity index (χ2n) is 11.1. The molecule has 2 atom stereocenters. The van der Waals surface area contributed by atoms with E-state index in [0.29, 0.717) is 24.3 Å². The van der Waals surface area contributed by atoms with Crippen molar-refractivity contribution in [3.63, 3.8) is 0 Å². The average Bonchev–Trinajstić information content (AvgIpc) is 3.71. The van der Waals surface area contributed by atoms with Gasteiger partial charge in [-0.1, -0.05) is 60.7 Å². The van der Waals surface area contributed by atoms with Crippen molar-refractivity contribution in [2.45, 2.75) is 43.9 Å². The van der Waals surface area contributed by atoms with Crippen LogP contribution in [0.15, 0.2) is 90.5 Å². The molecular formula is C34H33N3O7. The van der Waals surface area contributed by atoms with E-state index >= 15 is 0 Å². The van der Waals surface area contributed by atoms with Gasteiger partial charge in [0.05, 0.1) is 26.8 Å². The Morgan fingerprint density at radius 2 is 1.45 bits per heavy atom. The number of nitrogens with zero attached hydrogens (tertiary/aromatic N) is 3. The van der Waals surface area contributed by atoms with E-state index in [-0.39, 0.29) is 31.7 Å². The van der Waals surface area contributed by atoms with Gasteiger partial charge in [0.1, 0.15) is 18.1 Å². The van der Waals surface area contributed by atoms with Crippen molar-refractivity contribution < 1.29 is 33.4 Å². The predicted octanol–water partition coefficient (Wildman–Crippen LogP) is 4.72. The third-order valence-electron chi connectivity index (χ3n) is 8.55. The van der Waals surface area contributed by atoms with Crippen LogP contribution in [0.25, 0.3) is 0 Å². The summed E-state index contributed by atoms with van der Waals surface area (Å²) in [6.07, 6.45) is 1.95. The van der Waals surface area contributed by atoms with Crippen LogP contribution in [0.4, 0.5) is 9.59 Å². The lowest BCUT2D eigenvalue weighted by molar-refractivity contribution is -0.135. The topological polar surface area (TPSA) is 106 Å². The highest BCUT2D eigenvalue weighted by Crippen LogP contribution is 2.45. The van der Waals surface area contributed by atoms with E-state index in [4.69, 9.17) is 14.2 Å². The first-order chi connectivity index (χ1) is 21.3. The van der Waals surface area contributed by atoms with Crippen molar-refractivity contribution in [2.75, 3.05) is 20.8 Å². The lowest BCUT2D eigenvalue weighted by Crippen LogP contribution is -2.54. The Morgan fingerprint density at radius 3 is 2.07 bits per heavy atom. The van der Waals surface area contributed by atoms with Crippen LogP contribution in [0, 0.1) is 0 Å². The fraction of sp³-hybridized carbons (Fsp3) is 0.294. The number of urea groups is 1. The lowest BCUT2D eigenvalue weighted by Gasteiger charge is -2.35. The van der Waals surface area contributed by atoms with Gasteiger partial charge in [-0.05, 0) is 60.2 Å². The number of methoxy groups -OCH3 is 2. The molecule has 2 saturated heterocycles. The molecule has 0 bridgehead atoms. The maximum atomic E-state index is 14.4. The highest BCUT2D eigenvalue weighted by Gasteiger charge is 2.63. The van der Waals surface area contributed by atoms with E-state index in [1.807, 2.05) is 42.5 Å². The van der Waals surface area contributed by atoms with Crippen LogP contribution >= 0.6 is 0 Å². The molecule has 44 heavy (non-hydrogen) atoms. The van der Waals surface area contributed by atoms with E-state index in [9.17, 15) is 19.2 Å². The van der Waals surface area contributed by atoms with Crippen LogP contribution in [0.3, 0.4) is 0 Å². The maximum absolute atomic E-state index is 14.4. The average molecular weight is 596 g/mol. The van der Waals surface area contributed by atoms with Gasteiger partial charge in [-0.25, -0.2) is 14.5 Å². The molecule has 6 rings (SSSR count). The van der Waals surface area contributed by atoms with Crippen molar-refractivity contribution in [2.24, 2.45) is 0 Å². The van der Waals surface area contributed by atoms with Gasteiger partial charge >= 0.3 is 12.1 Å². The molecule has 0 saturated carbocycles. The second kappa shape index (κ2) is 11.9. The number of imide groups is 2. The van der Waals surface area contributed by atoms with Crippen molar-refractivity contribution in [1.82, 2.24) is 14.7 Å². The first-order valence-electron chi connectivity index (χ1n) is 14.5. The summed E-state index contributed by atoms with van der Waals surface area (Å²) in [4.78, 5) is 59.6. The van der Waals surface area contributed by atoms with Crippen LogP contribution in [0.1, 0.15) is 29.5 Å². The summed E-state index contributed by atoms with van der Waals surface area (Å²) in [5.41, 5.74) is 0.996. The van der Waals surface area contributed by atoms with Crippen molar-refractivity contribution >= 4 is 23.9 Å². The molecule has 3 aromatic carbocycles. The number of ether oxygens (including phenoxy) is 3. The van der Waals surface area contributed by atoms with Gasteiger partial charge in [-0.15, -0.1) is 0 Å². The third-order valence-corrected chi connectivity index (χ3v) is 8.55. The zero-order valence-electron chi connectivity index (χ0n) is 24.6. The Bertz CT molecular complexity index is 1600. The summed E-state index contributed by atoms with van der Waals surface area (Å²) in [5, 5.41) is 0. The van der Waals surface area contributed by atoms with E-state index in [1.54, 1.807) is 56.7 Å². The van der Waals surface area contributed by atoms with Crippen molar-refractivity contribution in [1.29, 1.82) is 0 Å². The monoisotopic (exact) mass is 595 g/mol. The summed E-state index contributed by atoms with van der Waals surface area (Å²) < 4.78 is 15.9. The van der Waals surface area contributed by atoms with Gasteiger partial charge in [-0.3, -0.25) is 14.5 Å². The molecule has 0 unspecified atom stereocenters. The molecule has 0 N–H and O–H groups in total. The van der Waals surface area contributed by atoms with E-state index in [2.05, 4.69) is 0 Å². The Kier molecular flexibility index (Phi) is 7.82. The fourth-order valence-corrected chi connectivity index (χ4v) is 6.27. The lowest BCUT2D eigenvalue weighted by atomic mass is 9.87. The zero-order valence-corrected chi connectivity index (χ0v) is 24.6. The number of rotatable bonds is 9. The first kappa shape index (κ1) is 29.0. The highest BCUT2D eigenvalue weighted by molar-refractivity contribution is 6.17. The zero-order chi connectivity index (χ0) is 30.8. The van der Waals surface area contributed by atoms with Crippen molar-refractivity contribution in [3.8, 4) is 11.5 Å². The number of hydrogen-bond donors (Lipinski definition) is 0. The first-order valence-corrected chi connectivity index (χ1v) is 14.5. The number of allylic oxidation sites excluding steroid dienone is 1. The van der Waals surface area contributed by atoms with Crippen molar-refractivity contribution in [3.05, 3.63) is 107 Å². The van der Waals surface area contributed by atoms with Gasteiger partial charge in [0, 0.05) is 12.1 Å². The van der Waals surface area contributed by atoms with E-state index in [0.717, 1.165) is 21.6 Å². The fourth-order valence-electron chi connectivity index (χ4n) is 6.27. The molecule has 10 heteroatoms. The van der Waals surface area contributed by atoms with E-state index < -0.39 is 35.5 Å². The molecule has 3 aromatic rings. The summed E-state index contributed by atoms with van der Waals surface area (Å²) in [6, 6.07) is 22.8. The third kappa shape index (κ3) is 5.06.